The van der Waals surface area contributed by atoms with Gasteiger partial charge in [-0.05, 0) is 22.6 Å². The molecule has 11 heteroatoms. The Hall–Kier alpha value is -2.63. The summed E-state index contributed by atoms with van der Waals surface area (Å²) in [6, 6.07) is 3.57. The molecule has 0 spiro atoms. The van der Waals surface area contributed by atoms with Crippen LogP contribution < -0.4 is 0 Å². The Balaban J connectivity index is 1.40. The fraction of sp³-hybridized carbons (Fsp3) is 0.533. The van der Waals surface area contributed by atoms with Gasteiger partial charge in [-0.25, -0.2) is 4.68 Å². The fourth-order valence-corrected chi connectivity index (χ4v) is 2.80. The predicted molar refractivity (Wildman–Crippen MR) is 85.7 cm³/mol. The van der Waals surface area contributed by atoms with E-state index in [2.05, 4.69) is 30.6 Å². The minimum Gasteiger partial charge on any atom is -0.461 e. The Morgan fingerprint density at radius 1 is 1.38 bits per heavy atom. The highest BCUT2D eigenvalue weighted by Crippen LogP contribution is 2.22. The van der Waals surface area contributed by atoms with E-state index in [0.717, 1.165) is 6.54 Å². The molecule has 0 amide bonds. The average Bonchev–Trinajstić information content (AvgIpc) is 3.41. The van der Waals surface area contributed by atoms with Crippen molar-refractivity contribution in [3.8, 4) is 11.6 Å². The Kier molecular flexibility index (Phi) is 5.00. The van der Waals surface area contributed by atoms with Gasteiger partial charge in [-0.15, -0.1) is 5.10 Å². The van der Waals surface area contributed by atoms with Gasteiger partial charge < -0.3 is 18.4 Å². The second-order valence-electron chi connectivity index (χ2n) is 5.84. The lowest BCUT2D eigenvalue weighted by molar-refractivity contribution is -0.0421. The summed E-state index contributed by atoms with van der Waals surface area (Å²) in [5.74, 6) is 2.24. The molecule has 1 aliphatic heterocycles. The third-order valence-corrected chi connectivity index (χ3v) is 4.07. The molecule has 0 N–H and O–H groups in total. The van der Waals surface area contributed by atoms with Gasteiger partial charge >= 0.3 is 0 Å². The zero-order chi connectivity index (χ0) is 17.8. The molecule has 4 heterocycles. The quantitative estimate of drug-likeness (QED) is 0.590. The number of hydrogen-bond donors (Lipinski definition) is 0. The van der Waals surface area contributed by atoms with E-state index in [0.29, 0.717) is 56.1 Å². The number of hydrogen-bond acceptors (Lipinski definition) is 10. The van der Waals surface area contributed by atoms with Crippen LogP contribution in [0.25, 0.3) is 11.6 Å². The van der Waals surface area contributed by atoms with Gasteiger partial charge in [0.05, 0.1) is 32.6 Å². The van der Waals surface area contributed by atoms with Crippen molar-refractivity contribution >= 4 is 0 Å². The molecular weight excluding hydrogens is 342 g/mol. The van der Waals surface area contributed by atoms with Gasteiger partial charge in [0.2, 0.25) is 11.7 Å². The monoisotopic (exact) mass is 361 g/mol. The van der Waals surface area contributed by atoms with Crippen LogP contribution in [-0.4, -0.2) is 68.7 Å². The van der Waals surface area contributed by atoms with Gasteiger partial charge in [-0.1, -0.05) is 5.16 Å². The molecule has 11 nitrogen and oxygen atoms in total. The molecule has 26 heavy (non-hydrogen) atoms. The third-order valence-electron chi connectivity index (χ3n) is 4.07. The summed E-state index contributed by atoms with van der Waals surface area (Å²) in [6.45, 7) is 3.59. The van der Waals surface area contributed by atoms with Crippen molar-refractivity contribution in [2.45, 2.75) is 19.2 Å². The molecule has 0 saturated carbocycles. The van der Waals surface area contributed by atoms with Crippen molar-refractivity contribution in [3.05, 3.63) is 30.1 Å². The number of furan rings is 1. The van der Waals surface area contributed by atoms with Crippen molar-refractivity contribution in [1.82, 2.24) is 35.2 Å². The molecular formula is C15H19N7O4. The molecule has 1 fully saturated rings. The molecule has 3 aromatic rings. The van der Waals surface area contributed by atoms with Gasteiger partial charge in [0.25, 0.3) is 0 Å². The second-order valence-corrected chi connectivity index (χ2v) is 5.84. The number of tetrazole rings is 1. The highest BCUT2D eigenvalue weighted by Gasteiger charge is 2.28. The molecule has 0 aromatic carbocycles. The van der Waals surface area contributed by atoms with E-state index >= 15 is 0 Å². The molecule has 4 rings (SSSR count). The van der Waals surface area contributed by atoms with E-state index < -0.39 is 0 Å². The predicted octanol–water partition coefficient (Wildman–Crippen LogP) is 0.536. The lowest BCUT2D eigenvalue weighted by Crippen LogP contribution is -2.39. The maximum absolute atomic E-state index is 5.85. The molecule has 1 atom stereocenters. The first kappa shape index (κ1) is 16.8. The van der Waals surface area contributed by atoms with E-state index in [1.54, 1.807) is 30.2 Å². The molecule has 0 unspecified atom stereocenters. The largest absolute Gasteiger partial charge is 0.461 e. The Morgan fingerprint density at radius 3 is 3.19 bits per heavy atom. The highest BCUT2D eigenvalue weighted by atomic mass is 16.5. The SMILES string of the molecule is COCCn1nnnc1[C@@H]1CN(Cc2nc(-c3ccco3)no2)CCO1. The highest BCUT2D eigenvalue weighted by molar-refractivity contribution is 5.44. The van der Waals surface area contributed by atoms with Crippen molar-refractivity contribution in [2.75, 3.05) is 33.4 Å². The topological polar surface area (TPSA) is 117 Å². The average molecular weight is 361 g/mol. The normalized spacial score (nSPS) is 18.4. The van der Waals surface area contributed by atoms with Crippen LogP contribution in [0.3, 0.4) is 0 Å². The van der Waals surface area contributed by atoms with Crippen molar-refractivity contribution < 1.29 is 18.4 Å². The van der Waals surface area contributed by atoms with Crippen molar-refractivity contribution in [2.24, 2.45) is 0 Å². The maximum Gasteiger partial charge on any atom is 0.241 e. The zero-order valence-corrected chi connectivity index (χ0v) is 14.3. The van der Waals surface area contributed by atoms with E-state index in [1.807, 2.05) is 0 Å². The minimum atomic E-state index is -0.219. The molecule has 3 aromatic heterocycles. The minimum absolute atomic E-state index is 0.219. The molecule has 0 aliphatic carbocycles. The van der Waals surface area contributed by atoms with Gasteiger partial charge in [0, 0.05) is 20.2 Å². The summed E-state index contributed by atoms with van der Waals surface area (Å²) in [7, 11) is 1.64. The lowest BCUT2D eigenvalue weighted by Gasteiger charge is -2.31. The van der Waals surface area contributed by atoms with Crippen LogP contribution in [0, 0.1) is 0 Å². The summed E-state index contributed by atoms with van der Waals surface area (Å²) in [6.07, 6.45) is 1.36. The first-order valence-corrected chi connectivity index (χ1v) is 8.29. The number of morpholine rings is 1. The fourth-order valence-electron chi connectivity index (χ4n) is 2.80. The summed E-state index contributed by atoms with van der Waals surface area (Å²) >= 11 is 0. The van der Waals surface area contributed by atoms with Crippen LogP contribution in [0.4, 0.5) is 0 Å². The van der Waals surface area contributed by atoms with Crippen LogP contribution in [0.5, 0.6) is 0 Å². The van der Waals surface area contributed by atoms with Crippen molar-refractivity contribution in [1.29, 1.82) is 0 Å². The second kappa shape index (κ2) is 7.72. The number of rotatable bonds is 7. The van der Waals surface area contributed by atoms with E-state index in [1.165, 1.54) is 0 Å². The number of methoxy groups -OCH3 is 1. The third kappa shape index (κ3) is 3.64. The van der Waals surface area contributed by atoms with E-state index in [-0.39, 0.29) is 6.10 Å². The van der Waals surface area contributed by atoms with Crippen molar-refractivity contribution in [3.63, 3.8) is 0 Å². The molecule has 138 valence electrons. The molecule has 0 bridgehead atoms. The Labute approximate surface area is 148 Å². The summed E-state index contributed by atoms with van der Waals surface area (Å²) in [5, 5.41) is 15.8. The summed E-state index contributed by atoms with van der Waals surface area (Å²) in [5.41, 5.74) is 0. The number of aromatic nitrogens is 6. The number of nitrogens with zero attached hydrogens (tertiary/aromatic N) is 7. The maximum atomic E-state index is 5.85. The first-order chi connectivity index (χ1) is 12.8. The van der Waals surface area contributed by atoms with Crippen LogP contribution in [0.2, 0.25) is 0 Å². The summed E-state index contributed by atoms with van der Waals surface area (Å²) < 4.78 is 23.3. The molecule has 0 radical (unpaired) electrons. The van der Waals surface area contributed by atoms with Crippen LogP contribution in [0.15, 0.2) is 27.3 Å². The first-order valence-electron chi connectivity index (χ1n) is 8.29. The number of ether oxygens (including phenoxy) is 2. The van der Waals surface area contributed by atoms with Crippen LogP contribution in [-0.2, 0) is 22.6 Å². The van der Waals surface area contributed by atoms with Gasteiger partial charge in [0.1, 0.15) is 6.10 Å². The van der Waals surface area contributed by atoms with E-state index in [9.17, 15) is 0 Å². The Morgan fingerprint density at radius 2 is 2.35 bits per heavy atom. The van der Waals surface area contributed by atoms with Gasteiger partial charge in [0.15, 0.2) is 11.6 Å². The summed E-state index contributed by atoms with van der Waals surface area (Å²) in [4.78, 5) is 6.55. The van der Waals surface area contributed by atoms with Crippen LogP contribution >= 0.6 is 0 Å². The van der Waals surface area contributed by atoms with E-state index in [4.69, 9.17) is 18.4 Å². The van der Waals surface area contributed by atoms with Gasteiger partial charge in [-0.3, -0.25) is 4.90 Å². The van der Waals surface area contributed by atoms with Crippen LogP contribution in [0.1, 0.15) is 17.8 Å². The molecule has 1 aliphatic rings. The Bertz CT molecular complexity index is 816. The smallest absolute Gasteiger partial charge is 0.241 e. The van der Waals surface area contributed by atoms with Gasteiger partial charge in [-0.2, -0.15) is 4.98 Å². The standard InChI is InChI=1S/C15H19N7O4/c1-23-7-5-22-15(17-19-20-22)12-9-21(4-8-25-12)10-13-16-14(18-26-13)11-3-2-6-24-11/h2-3,6,12H,4-5,7-10H2,1H3/t12-/m0/s1. The zero-order valence-electron chi connectivity index (χ0n) is 14.3. The molecule has 1 saturated heterocycles. The lowest BCUT2D eigenvalue weighted by atomic mass is 10.2.